The molecular formula is C13H11FN4. The Morgan fingerprint density at radius 3 is 2.61 bits per heavy atom. The summed E-state index contributed by atoms with van der Waals surface area (Å²) in [6, 6.07) is 9.99. The van der Waals surface area contributed by atoms with Gasteiger partial charge in [0.25, 0.3) is 0 Å². The van der Waals surface area contributed by atoms with Gasteiger partial charge >= 0.3 is 0 Å². The summed E-state index contributed by atoms with van der Waals surface area (Å²) in [5.41, 5.74) is 8.13. The van der Waals surface area contributed by atoms with Gasteiger partial charge in [0.15, 0.2) is 11.5 Å². The maximum atomic E-state index is 12.9. The summed E-state index contributed by atoms with van der Waals surface area (Å²) >= 11 is 0. The van der Waals surface area contributed by atoms with Crippen LogP contribution < -0.4 is 5.73 Å². The number of hydrogen-bond donors (Lipinski definition) is 1. The topological polar surface area (TPSA) is 56.2 Å². The first-order valence-electron chi connectivity index (χ1n) is 5.57. The van der Waals surface area contributed by atoms with Gasteiger partial charge < -0.3 is 5.73 Å². The van der Waals surface area contributed by atoms with E-state index in [4.69, 9.17) is 5.73 Å². The molecule has 1 aromatic carbocycles. The van der Waals surface area contributed by atoms with Crippen LogP contribution >= 0.6 is 0 Å². The predicted octanol–water partition coefficient (Wildman–Crippen LogP) is 1.99. The molecule has 2 N–H and O–H groups in total. The van der Waals surface area contributed by atoms with Crippen LogP contribution in [0.2, 0.25) is 0 Å². The smallest absolute Gasteiger partial charge is 0.168 e. The van der Waals surface area contributed by atoms with Crippen LogP contribution in [0.5, 0.6) is 0 Å². The highest BCUT2D eigenvalue weighted by atomic mass is 19.1. The van der Waals surface area contributed by atoms with Crippen LogP contribution in [0.25, 0.3) is 17.0 Å². The number of halogens is 1. The Morgan fingerprint density at radius 1 is 1.11 bits per heavy atom. The molecule has 0 unspecified atom stereocenters. The molecule has 0 radical (unpaired) electrons. The third kappa shape index (κ3) is 1.74. The first kappa shape index (κ1) is 10.9. The lowest BCUT2D eigenvalue weighted by molar-refractivity contribution is 0.628. The molecule has 0 amide bonds. The zero-order chi connectivity index (χ0) is 12.5. The molecule has 0 bridgehead atoms. The normalized spacial score (nSPS) is 11.0. The SMILES string of the molecule is NCc1ccn2c(-c3ccc(F)cc3)nnc2c1. The van der Waals surface area contributed by atoms with Crippen LogP contribution in [-0.4, -0.2) is 14.6 Å². The fraction of sp³-hybridized carbons (Fsp3) is 0.0769. The number of nitrogens with zero attached hydrogens (tertiary/aromatic N) is 3. The van der Waals surface area contributed by atoms with Crippen molar-refractivity contribution >= 4 is 5.65 Å². The Kier molecular flexibility index (Phi) is 2.53. The predicted molar refractivity (Wildman–Crippen MR) is 66.3 cm³/mol. The van der Waals surface area contributed by atoms with E-state index in [0.717, 1.165) is 16.8 Å². The molecule has 0 saturated heterocycles. The highest BCUT2D eigenvalue weighted by Crippen LogP contribution is 2.19. The van der Waals surface area contributed by atoms with E-state index in [1.807, 2.05) is 22.7 Å². The minimum atomic E-state index is -0.266. The molecule has 0 spiro atoms. The van der Waals surface area contributed by atoms with Gasteiger partial charge in [-0.2, -0.15) is 0 Å². The molecular weight excluding hydrogens is 231 g/mol. The van der Waals surface area contributed by atoms with E-state index in [1.54, 1.807) is 12.1 Å². The van der Waals surface area contributed by atoms with Gasteiger partial charge in [-0.15, -0.1) is 10.2 Å². The van der Waals surface area contributed by atoms with Crippen molar-refractivity contribution in [3.8, 4) is 11.4 Å². The molecule has 5 heteroatoms. The summed E-state index contributed by atoms with van der Waals surface area (Å²) in [5, 5.41) is 8.21. The number of benzene rings is 1. The average molecular weight is 242 g/mol. The molecule has 2 aromatic heterocycles. The molecule has 90 valence electrons. The van der Waals surface area contributed by atoms with Crippen LogP contribution in [0.3, 0.4) is 0 Å². The molecule has 0 atom stereocenters. The van der Waals surface area contributed by atoms with Crippen molar-refractivity contribution in [2.24, 2.45) is 5.73 Å². The van der Waals surface area contributed by atoms with Crippen LogP contribution in [0.1, 0.15) is 5.56 Å². The zero-order valence-corrected chi connectivity index (χ0v) is 9.55. The Hall–Kier alpha value is -2.27. The largest absolute Gasteiger partial charge is 0.326 e. The Morgan fingerprint density at radius 2 is 1.89 bits per heavy atom. The molecule has 0 aliphatic carbocycles. The van der Waals surface area contributed by atoms with E-state index in [0.29, 0.717) is 12.4 Å². The fourth-order valence-corrected chi connectivity index (χ4v) is 1.86. The lowest BCUT2D eigenvalue weighted by atomic mass is 10.2. The van der Waals surface area contributed by atoms with Gasteiger partial charge in [0, 0.05) is 18.3 Å². The van der Waals surface area contributed by atoms with Crippen LogP contribution in [0.4, 0.5) is 4.39 Å². The summed E-state index contributed by atoms with van der Waals surface area (Å²) in [6.07, 6.45) is 1.87. The summed E-state index contributed by atoms with van der Waals surface area (Å²) in [6.45, 7) is 0.468. The van der Waals surface area contributed by atoms with Gasteiger partial charge in [0.05, 0.1) is 0 Å². The molecule has 0 fully saturated rings. The van der Waals surface area contributed by atoms with Crippen molar-refractivity contribution in [2.75, 3.05) is 0 Å². The second-order valence-corrected chi connectivity index (χ2v) is 4.00. The van der Waals surface area contributed by atoms with Crippen molar-refractivity contribution in [3.63, 3.8) is 0 Å². The summed E-state index contributed by atoms with van der Waals surface area (Å²) < 4.78 is 14.7. The standard InChI is InChI=1S/C13H11FN4/c14-11-3-1-10(2-4-11)13-17-16-12-7-9(8-15)5-6-18(12)13/h1-7H,8,15H2. The Balaban J connectivity index is 2.15. The monoisotopic (exact) mass is 242 g/mol. The van der Waals surface area contributed by atoms with E-state index in [-0.39, 0.29) is 5.82 Å². The number of aromatic nitrogens is 3. The van der Waals surface area contributed by atoms with Crippen molar-refractivity contribution in [1.82, 2.24) is 14.6 Å². The maximum absolute atomic E-state index is 12.9. The average Bonchev–Trinajstić information content (AvgIpc) is 2.82. The quantitative estimate of drug-likeness (QED) is 0.747. The first-order chi connectivity index (χ1) is 8.78. The number of rotatable bonds is 2. The van der Waals surface area contributed by atoms with Gasteiger partial charge in [-0.1, -0.05) is 0 Å². The van der Waals surface area contributed by atoms with E-state index in [9.17, 15) is 4.39 Å². The van der Waals surface area contributed by atoms with Crippen LogP contribution in [0, 0.1) is 5.82 Å². The Labute approximate surface area is 103 Å². The van der Waals surface area contributed by atoms with Crippen LogP contribution in [-0.2, 0) is 6.54 Å². The number of fused-ring (bicyclic) bond motifs is 1. The summed E-state index contributed by atoms with van der Waals surface area (Å²) in [7, 11) is 0. The molecule has 3 aromatic rings. The molecule has 0 saturated carbocycles. The minimum Gasteiger partial charge on any atom is -0.326 e. The first-order valence-corrected chi connectivity index (χ1v) is 5.57. The third-order valence-electron chi connectivity index (χ3n) is 2.81. The molecule has 2 heterocycles. The summed E-state index contributed by atoms with van der Waals surface area (Å²) in [4.78, 5) is 0. The van der Waals surface area contributed by atoms with E-state index in [1.165, 1.54) is 12.1 Å². The molecule has 4 nitrogen and oxygen atoms in total. The lowest BCUT2D eigenvalue weighted by Crippen LogP contribution is -1.97. The van der Waals surface area contributed by atoms with Crippen molar-refractivity contribution in [2.45, 2.75) is 6.54 Å². The number of hydrogen-bond acceptors (Lipinski definition) is 3. The van der Waals surface area contributed by atoms with Gasteiger partial charge in [0.2, 0.25) is 0 Å². The molecule has 18 heavy (non-hydrogen) atoms. The minimum absolute atomic E-state index is 0.266. The lowest BCUT2D eigenvalue weighted by Gasteiger charge is -2.01. The van der Waals surface area contributed by atoms with E-state index in [2.05, 4.69) is 10.2 Å². The number of pyridine rings is 1. The highest BCUT2D eigenvalue weighted by molar-refractivity contribution is 5.59. The van der Waals surface area contributed by atoms with Gasteiger partial charge in [-0.25, -0.2) is 4.39 Å². The second kappa shape index (κ2) is 4.19. The second-order valence-electron chi connectivity index (χ2n) is 4.00. The van der Waals surface area contributed by atoms with Gasteiger partial charge in [-0.3, -0.25) is 4.40 Å². The van der Waals surface area contributed by atoms with Crippen molar-refractivity contribution in [1.29, 1.82) is 0 Å². The van der Waals surface area contributed by atoms with Gasteiger partial charge in [0.1, 0.15) is 5.82 Å². The fourth-order valence-electron chi connectivity index (χ4n) is 1.86. The Bertz CT molecular complexity index is 688. The molecule has 0 aliphatic rings. The third-order valence-corrected chi connectivity index (χ3v) is 2.81. The molecule has 0 aliphatic heterocycles. The van der Waals surface area contributed by atoms with Crippen molar-refractivity contribution in [3.05, 3.63) is 54.0 Å². The molecule has 3 rings (SSSR count). The maximum Gasteiger partial charge on any atom is 0.168 e. The van der Waals surface area contributed by atoms with Crippen LogP contribution in [0.15, 0.2) is 42.6 Å². The highest BCUT2D eigenvalue weighted by Gasteiger charge is 2.08. The van der Waals surface area contributed by atoms with Crippen molar-refractivity contribution < 1.29 is 4.39 Å². The summed E-state index contributed by atoms with van der Waals surface area (Å²) in [5.74, 6) is 0.423. The van der Waals surface area contributed by atoms with E-state index >= 15 is 0 Å². The van der Waals surface area contributed by atoms with Gasteiger partial charge in [-0.05, 0) is 42.0 Å². The number of nitrogens with two attached hydrogens (primary N) is 1. The zero-order valence-electron chi connectivity index (χ0n) is 9.55. The van der Waals surface area contributed by atoms with E-state index < -0.39 is 0 Å².